The van der Waals surface area contributed by atoms with Gasteiger partial charge >= 0.3 is 6.09 Å². The van der Waals surface area contributed by atoms with Crippen LogP contribution in [0, 0.1) is 0 Å². The van der Waals surface area contributed by atoms with Crippen molar-refractivity contribution >= 4 is 12.0 Å². The largest absolute Gasteiger partial charge is 0.444 e. The van der Waals surface area contributed by atoms with E-state index in [1.54, 1.807) is 4.90 Å². The van der Waals surface area contributed by atoms with Gasteiger partial charge in [0.2, 0.25) is 5.91 Å². The second-order valence-corrected chi connectivity index (χ2v) is 6.71. The number of piperazine rings is 1. The highest BCUT2D eigenvalue weighted by molar-refractivity contribution is 5.86. The molecular weight excluding hydrogens is 270 g/mol. The zero-order chi connectivity index (χ0) is 15.6. The summed E-state index contributed by atoms with van der Waals surface area (Å²) in [6.07, 6.45) is 2.35. The fourth-order valence-corrected chi connectivity index (χ4v) is 2.50. The SMILES string of the molecule is C[C@@H]1CN[C@H](C2=CCN(C(=O)OC(C)(C)C)CC2)C(=O)N1. The Morgan fingerprint density at radius 1 is 1.43 bits per heavy atom. The summed E-state index contributed by atoms with van der Waals surface area (Å²) in [5.41, 5.74) is 0.571. The molecule has 0 aromatic rings. The molecule has 0 aromatic carbocycles. The summed E-state index contributed by atoms with van der Waals surface area (Å²) in [6.45, 7) is 9.38. The van der Waals surface area contributed by atoms with E-state index in [1.807, 2.05) is 33.8 Å². The van der Waals surface area contributed by atoms with E-state index in [2.05, 4.69) is 10.6 Å². The minimum absolute atomic E-state index is 0.0192. The summed E-state index contributed by atoms with van der Waals surface area (Å²) >= 11 is 0. The molecule has 0 aromatic heterocycles. The maximum Gasteiger partial charge on any atom is 0.410 e. The lowest BCUT2D eigenvalue weighted by molar-refractivity contribution is -0.124. The molecule has 0 aliphatic carbocycles. The molecule has 6 heteroatoms. The summed E-state index contributed by atoms with van der Waals surface area (Å²) in [5.74, 6) is 0.0192. The van der Waals surface area contributed by atoms with Gasteiger partial charge in [0, 0.05) is 25.7 Å². The maximum atomic E-state index is 12.0. The van der Waals surface area contributed by atoms with Gasteiger partial charge in [-0.05, 0) is 39.7 Å². The molecule has 0 radical (unpaired) electrons. The number of nitrogens with zero attached hydrogens (tertiary/aromatic N) is 1. The van der Waals surface area contributed by atoms with Gasteiger partial charge in [-0.1, -0.05) is 6.08 Å². The van der Waals surface area contributed by atoms with Gasteiger partial charge < -0.3 is 20.3 Å². The third kappa shape index (κ3) is 4.20. The van der Waals surface area contributed by atoms with Crippen LogP contribution in [0.15, 0.2) is 11.6 Å². The molecule has 0 spiro atoms. The molecular formula is C15H25N3O3. The Hall–Kier alpha value is -1.56. The van der Waals surface area contributed by atoms with Crippen molar-refractivity contribution in [1.82, 2.24) is 15.5 Å². The highest BCUT2D eigenvalue weighted by Crippen LogP contribution is 2.18. The first-order valence-corrected chi connectivity index (χ1v) is 7.47. The van der Waals surface area contributed by atoms with Crippen LogP contribution >= 0.6 is 0 Å². The lowest BCUT2D eigenvalue weighted by Gasteiger charge is -2.34. The number of hydrogen-bond acceptors (Lipinski definition) is 4. The summed E-state index contributed by atoms with van der Waals surface area (Å²) in [7, 11) is 0. The summed E-state index contributed by atoms with van der Waals surface area (Å²) in [5, 5.41) is 6.20. The van der Waals surface area contributed by atoms with E-state index in [1.165, 1.54) is 0 Å². The molecule has 0 bridgehead atoms. The zero-order valence-corrected chi connectivity index (χ0v) is 13.2. The topological polar surface area (TPSA) is 70.7 Å². The first-order valence-electron chi connectivity index (χ1n) is 7.47. The van der Waals surface area contributed by atoms with Crippen LogP contribution in [0.4, 0.5) is 4.79 Å². The lowest BCUT2D eigenvalue weighted by Crippen LogP contribution is -2.58. The van der Waals surface area contributed by atoms with Crippen molar-refractivity contribution in [2.45, 2.75) is 51.8 Å². The average Bonchev–Trinajstić information content (AvgIpc) is 2.37. The summed E-state index contributed by atoms with van der Waals surface area (Å²) < 4.78 is 5.36. The Kier molecular flexibility index (Phi) is 4.56. The van der Waals surface area contributed by atoms with Gasteiger partial charge in [0.15, 0.2) is 0 Å². The van der Waals surface area contributed by atoms with Crippen molar-refractivity contribution in [3.8, 4) is 0 Å². The van der Waals surface area contributed by atoms with Gasteiger partial charge in [0.05, 0.1) is 0 Å². The Balaban J connectivity index is 1.93. The van der Waals surface area contributed by atoms with Gasteiger partial charge in [-0.25, -0.2) is 4.79 Å². The predicted molar refractivity (Wildman–Crippen MR) is 79.9 cm³/mol. The highest BCUT2D eigenvalue weighted by atomic mass is 16.6. The molecule has 0 unspecified atom stereocenters. The molecule has 6 nitrogen and oxygen atoms in total. The van der Waals surface area contributed by atoms with Gasteiger partial charge in [0.1, 0.15) is 11.6 Å². The number of amides is 2. The summed E-state index contributed by atoms with van der Waals surface area (Å²) in [6, 6.07) is -0.0989. The Bertz CT molecular complexity index is 454. The molecule has 2 heterocycles. The van der Waals surface area contributed by atoms with Crippen molar-refractivity contribution in [2.75, 3.05) is 19.6 Å². The average molecular weight is 295 g/mol. The van der Waals surface area contributed by atoms with Gasteiger partial charge in [-0.3, -0.25) is 4.79 Å². The van der Waals surface area contributed by atoms with Crippen molar-refractivity contribution in [2.24, 2.45) is 0 Å². The highest BCUT2D eigenvalue weighted by Gasteiger charge is 2.31. The number of hydrogen-bond donors (Lipinski definition) is 2. The van der Waals surface area contributed by atoms with Gasteiger partial charge in [-0.2, -0.15) is 0 Å². The van der Waals surface area contributed by atoms with Crippen molar-refractivity contribution in [3.05, 3.63) is 11.6 Å². The number of rotatable bonds is 1. The lowest BCUT2D eigenvalue weighted by atomic mass is 9.97. The van der Waals surface area contributed by atoms with Crippen LogP contribution in [0.1, 0.15) is 34.1 Å². The summed E-state index contributed by atoms with van der Waals surface area (Å²) in [4.78, 5) is 25.6. The van der Waals surface area contributed by atoms with Gasteiger partial charge in [0.25, 0.3) is 0 Å². The molecule has 2 amide bonds. The first-order chi connectivity index (χ1) is 9.76. The molecule has 2 rings (SSSR count). The number of carbonyl (C=O) groups excluding carboxylic acids is 2. The van der Waals surface area contributed by atoms with E-state index in [-0.39, 0.29) is 24.1 Å². The first kappa shape index (κ1) is 15.8. The molecule has 1 fully saturated rings. The maximum absolute atomic E-state index is 12.0. The number of carbonyl (C=O) groups is 2. The third-order valence-corrected chi connectivity index (χ3v) is 3.55. The molecule has 1 saturated heterocycles. The minimum atomic E-state index is -0.484. The van der Waals surface area contributed by atoms with E-state index < -0.39 is 5.60 Å². The minimum Gasteiger partial charge on any atom is -0.444 e. The van der Waals surface area contributed by atoms with Crippen molar-refractivity contribution < 1.29 is 14.3 Å². The number of ether oxygens (including phenoxy) is 1. The standard InChI is InChI=1S/C15H25N3O3/c1-10-9-16-12(13(19)17-10)11-5-7-18(8-6-11)14(20)21-15(2,3)4/h5,10,12,16H,6-9H2,1-4H3,(H,17,19)/t10-,12-/m1/s1. The molecule has 0 saturated carbocycles. The zero-order valence-electron chi connectivity index (χ0n) is 13.2. The number of nitrogens with one attached hydrogen (secondary N) is 2. The fraction of sp³-hybridized carbons (Fsp3) is 0.733. The van der Waals surface area contributed by atoms with E-state index in [4.69, 9.17) is 4.74 Å². The van der Waals surface area contributed by atoms with Crippen LogP contribution in [-0.4, -0.2) is 54.2 Å². The van der Waals surface area contributed by atoms with Crippen LogP contribution < -0.4 is 10.6 Å². The molecule has 2 aliphatic rings. The monoisotopic (exact) mass is 295 g/mol. The van der Waals surface area contributed by atoms with Gasteiger partial charge in [-0.15, -0.1) is 0 Å². The quantitative estimate of drug-likeness (QED) is 0.709. The van der Waals surface area contributed by atoms with Crippen LogP contribution in [0.3, 0.4) is 0 Å². The van der Waals surface area contributed by atoms with E-state index >= 15 is 0 Å². The van der Waals surface area contributed by atoms with Crippen LogP contribution in [0.5, 0.6) is 0 Å². The normalized spacial score (nSPS) is 27.0. The second kappa shape index (κ2) is 6.05. The molecule has 118 valence electrons. The van der Waals surface area contributed by atoms with Crippen molar-refractivity contribution in [1.29, 1.82) is 0 Å². The van der Waals surface area contributed by atoms with Crippen LogP contribution in [-0.2, 0) is 9.53 Å². The predicted octanol–water partition coefficient (Wildman–Crippen LogP) is 1.03. The second-order valence-electron chi connectivity index (χ2n) is 6.71. The van der Waals surface area contributed by atoms with E-state index in [0.717, 1.165) is 12.1 Å². The van der Waals surface area contributed by atoms with Crippen LogP contribution in [0.2, 0.25) is 0 Å². The van der Waals surface area contributed by atoms with Crippen molar-refractivity contribution in [3.63, 3.8) is 0 Å². The smallest absolute Gasteiger partial charge is 0.410 e. The molecule has 2 N–H and O–H groups in total. The van der Waals surface area contributed by atoms with E-state index in [0.29, 0.717) is 19.5 Å². The molecule has 21 heavy (non-hydrogen) atoms. The Morgan fingerprint density at radius 3 is 2.67 bits per heavy atom. The third-order valence-electron chi connectivity index (χ3n) is 3.55. The Labute approximate surface area is 125 Å². The Morgan fingerprint density at radius 2 is 2.14 bits per heavy atom. The fourth-order valence-electron chi connectivity index (χ4n) is 2.50. The van der Waals surface area contributed by atoms with E-state index in [9.17, 15) is 9.59 Å². The van der Waals surface area contributed by atoms with Crippen LogP contribution in [0.25, 0.3) is 0 Å². The molecule has 2 aliphatic heterocycles. The molecule has 2 atom stereocenters.